The molecule has 13 heavy (non-hydrogen) atoms. The first kappa shape index (κ1) is 10.7. The number of carbonyl (C=O) groups is 1. The van der Waals surface area contributed by atoms with Crippen molar-refractivity contribution < 1.29 is 9.53 Å². The highest BCUT2D eigenvalue weighted by Gasteiger charge is 2.51. The standard InChI is InChI=1S/C11H20O2/c1-8(2)11(5-6-11)10(12)7-13-9(3)4/h8-9H,5-7H2,1-4H3. The van der Waals surface area contributed by atoms with Gasteiger partial charge in [0, 0.05) is 5.41 Å². The van der Waals surface area contributed by atoms with E-state index in [9.17, 15) is 4.79 Å². The molecule has 2 nitrogen and oxygen atoms in total. The number of ether oxygens (including phenoxy) is 1. The highest BCUT2D eigenvalue weighted by Crippen LogP contribution is 2.52. The minimum atomic E-state index is -0.0190. The van der Waals surface area contributed by atoms with Gasteiger partial charge < -0.3 is 4.74 Å². The summed E-state index contributed by atoms with van der Waals surface area (Å²) in [4.78, 5) is 11.7. The monoisotopic (exact) mass is 184 g/mol. The van der Waals surface area contributed by atoms with Gasteiger partial charge in [-0.25, -0.2) is 0 Å². The number of hydrogen-bond donors (Lipinski definition) is 0. The Morgan fingerprint density at radius 2 is 1.85 bits per heavy atom. The summed E-state index contributed by atoms with van der Waals surface area (Å²) in [5.41, 5.74) is -0.0190. The third-order valence-corrected chi connectivity index (χ3v) is 3.00. The van der Waals surface area contributed by atoms with Crippen LogP contribution in [0, 0.1) is 11.3 Å². The van der Waals surface area contributed by atoms with E-state index >= 15 is 0 Å². The van der Waals surface area contributed by atoms with Gasteiger partial charge in [0.15, 0.2) is 5.78 Å². The first-order valence-electron chi connectivity index (χ1n) is 5.14. The normalized spacial score (nSPS) is 19.5. The molecule has 0 saturated heterocycles. The molecule has 0 heterocycles. The van der Waals surface area contributed by atoms with Gasteiger partial charge in [-0.3, -0.25) is 4.79 Å². The van der Waals surface area contributed by atoms with Gasteiger partial charge in [-0.15, -0.1) is 0 Å². The van der Waals surface area contributed by atoms with Crippen LogP contribution in [0.4, 0.5) is 0 Å². The van der Waals surface area contributed by atoms with Crippen LogP contribution >= 0.6 is 0 Å². The first-order valence-corrected chi connectivity index (χ1v) is 5.14. The summed E-state index contributed by atoms with van der Waals surface area (Å²) < 4.78 is 5.33. The lowest BCUT2D eigenvalue weighted by Crippen LogP contribution is -2.27. The summed E-state index contributed by atoms with van der Waals surface area (Å²) in [6, 6.07) is 0. The molecule has 2 heteroatoms. The SMILES string of the molecule is CC(C)OCC(=O)C1(C(C)C)CC1. The summed E-state index contributed by atoms with van der Waals surface area (Å²) in [6.45, 7) is 8.47. The Morgan fingerprint density at radius 1 is 1.31 bits per heavy atom. The molecule has 0 atom stereocenters. The zero-order valence-electron chi connectivity index (χ0n) is 9.09. The highest BCUT2D eigenvalue weighted by molar-refractivity contribution is 5.88. The Hall–Kier alpha value is -0.370. The summed E-state index contributed by atoms with van der Waals surface area (Å²) in [7, 11) is 0. The summed E-state index contributed by atoms with van der Waals surface area (Å²) >= 11 is 0. The average Bonchev–Trinajstić information content (AvgIpc) is 2.79. The molecule has 0 unspecified atom stereocenters. The van der Waals surface area contributed by atoms with Crippen molar-refractivity contribution in [2.75, 3.05) is 6.61 Å². The second kappa shape index (κ2) is 3.79. The summed E-state index contributed by atoms with van der Waals surface area (Å²) in [5.74, 6) is 0.770. The molecule has 1 rings (SSSR count). The molecule has 0 N–H and O–H groups in total. The topological polar surface area (TPSA) is 26.3 Å². The Balaban J connectivity index is 2.40. The predicted molar refractivity (Wildman–Crippen MR) is 52.6 cm³/mol. The van der Waals surface area contributed by atoms with Crippen molar-refractivity contribution >= 4 is 5.78 Å². The first-order chi connectivity index (χ1) is 5.99. The number of ketones is 1. The van der Waals surface area contributed by atoms with E-state index in [0.717, 1.165) is 12.8 Å². The van der Waals surface area contributed by atoms with Crippen LogP contribution in [-0.4, -0.2) is 18.5 Å². The minimum Gasteiger partial charge on any atom is -0.371 e. The number of hydrogen-bond acceptors (Lipinski definition) is 2. The van der Waals surface area contributed by atoms with Crippen molar-refractivity contribution in [2.45, 2.75) is 46.6 Å². The molecule has 1 aliphatic carbocycles. The van der Waals surface area contributed by atoms with E-state index in [-0.39, 0.29) is 11.5 Å². The predicted octanol–water partition coefficient (Wildman–Crippen LogP) is 2.42. The van der Waals surface area contributed by atoms with E-state index in [1.54, 1.807) is 0 Å². The molecule has 0 amide bonds. The van der Waals surface area contributed by atoms with E-state index in [4.69, 9.17) is 4.74 Å². The van der Waals surface area contributed by atoms with Crippen LogP contribution in [0.2, 0.25) is 0 Å². The quantitative estimate of drug-likeness (QED) is 0.656. The van der Waals surface area contributed by atoms with Crippen LogP contribution in [0.3, 0.4) is 0 Å². The van der Waals surface area contributed by atoms with Crippen LogP contribution in [0.5, 0.6) is 0 Å². The van der Waals surface area contributed by atoms with Gasteiger partial charge in [-0.1, -0.05) is 13.8 Å². The van der Waals surface area contributed by atoms with E-state index in [1.807, 2.05) is 13.8 Å². The lowest BCUT2D eigenvalue weighted by Gasteiger charge is -2.18. The third kappa shape index (κ3) is 2.31. The van der Waals surface area contributed by atoms with Gasteiger partial charge in [0.2, 0.25) is 0 Å². The Kier molecular flexibility index (Phi) is 3.12. The molecule has 1 saturated carbocycles. The maximum Gasteiger partial charge on any atom is 0.164 e. The maximum atomic E-state index is 11.7. The second-order valence-corrected chi connectivity index (χ2v) is 4.59. The van der Waals surface area contributed by atoms with Crippen LogP contribution in [0.25, 0.3) is 0 Å². The Morgan fingerprint density at radius 3 is 2.15 bits per heavy atom. The molecular formula is C11H20O2. The van der Waals surface area contributed by atoms with E-state index in [2.05, 4.69) is 13.8 Å². The molecule has 0 aromatic carbocycles. The average molecular weight is 184 g/mol. The van der Waals surface area contributed by atoms with Crippen molar-refractivity contribution in [3.8, 4) is 0 Å². The van der Waals surface area contributed by atoms with Crippen LogP contribution in [0.1, 0.15) is 40.5 Å². The number of Topliss-reactive ketones (excluding diaryl/α,β-unsaturated/α-hetero) is 1. The molecule has 0 aromatic rings. The molecule has 0 radical (unpaired) electrons. The van der Waals surface area contributed by atoms with Crippen molar-refractivity contribution in [3.63, 3.8) is 0 Å². The van der Waals surface area contributed by atoms with Crippen molar-refractivity contribution in [2.24, 2.45) is 11.3 Å². The van der Waals surface area contributed by atoms with E-state index in [1.165, 1.54) is 0 Å². The smallest absolute Gasteiger partial charge is 0.164 e. The van der Waals surface area contributed by atoms with Crippen LogP contribution in [-0.2, 0) is 9.53 Å². The third-order valence-electron chi connectivity index (χ3n) is 3.00. The zero-order chi connectivity index (χ0) is 10.1. The Labute approximate surface area is 80.7 Å². The van der Waals surface area contributed by atoms with E-state index in [0.29, 0.717) is 18.3 Å². The van der Waals surface area contributed by atoms with Crippen molar-refractivity contribution in [1.82, 2.24) is 0 Å². The lowest BCUT2D eigenvalue weighted by molar-refractivity contribution is -0.131. The highest BCUT2D eigenvalue weighted by atomic mass is 16.5. The van der Waals surface area contributed by atoms with Gasteiger partial charge in [-0.2, -0.15) is 0 Å². The molecule has 0 spiro atoms. The van der Waals surface area contributed by atoms with Crippen LogP contribution < -0.4 is 0 Å². The molecule has 1 fully saturated rings. The fraction of sp³-hybridized carbons (Fsp3) is 0.909. The molecule has 0 aromatic heterocycles. The van der Waals surface area contributed by atoms with Crippen LogP contribution in [0.15, 0.2) is 0 Å². The molecule has 76 valence electrons. The van der Waals surface area contributed by atoms with Gasteiger partial charge in [-0.05, 0) is 32.6 Å². The van der Waals surface area contributed by atoms with Crippen molar-refractivity contribution in [3.05, 3.63) is 0 Å². The fourth-order valence-corrected chi connectivity index (χ4v) is 1.70. The molecular weight excluding hydrogens is 164 g/mol. The summed E-state index contributed by atoms with van der Waals surface area (Å²) in [6.07, 6.45) is 2.28. The summed E-state index contributed by atoms with van der Waals surface area (Å²) in [5, 5.41) is 0. The molecule has 1 aliphatic rings. The van der Waals surface area contributed by atoms with Gasteiger partial charge in [0.05, 0.1) is 6.10 Å². The van der Waals surface area contributed by atoms with Gasteiger partial charge in [0.1, 0.15) is 6.61 Å². The Bertz CT molecular complexity index is 190. The lowest BCUT2D eigenvalue weighted by atomic mass is 9.88. The largest absolute Gasteiger partial charge is 0.371 e. The zero-order valence-corrected chi connectivity index (χ0v) is 9.09. The minimum absolute atomic E-state index is 0.0190. The van der Waals surface area contributed by atoms with Gasteiger partial charge in [0.25, 0.3) is 0 Å². The number of carbonyl (C=O) groups excluding carboxylic acids is 1. The molecule has 0 bridgehead atoms. The maximum absolute atomic E-state index is 11.7. The fourth-order valence-electron chi connectivity index (χ4n) is 1.70. The molecule has 0 aliphatic heterocycles. The number of rotatable bonds is 5. The van der Waals surface area contributed by atoms with E-state index < -0.39 is 0 Å². The second-order valence-electron chi connectivity index (χ2n) is 4.59. The van der Waals surface area contributed by atoms with Gasteiger partial charge >= 0.3 is 0 Å². The van der Waals surface area contributed by atoms with Crippen molar-refractivity contribution in [1.29, 1.82) is 0 Å².